The average Bonchev–Trinajstić information content (AvgIpc) is 3.37. The Morgan fingerprint density at radius 2 is 1.94 bits per heavy atom. The monoisotopic (exact) mass is 448 g/mol. The van der Waals surface area contributed by atoms with E-state index in [1.54, 1.807) is 0 Å². The van der Waals surface area contributed by atoms with E-state index in [1.165, 1.54) is 0 Å². The fourth-order valence-electron chi connectivity index (χ4n) is 4.42. The lowest BCUT2D eigenvalue weighted by Crippen LogP contribution is -2.46. The number of carbonyl (C=O) groups excluding carboxylic acids is 2. The Kier molecular flexibility index (Phi) is 6.02. The molecule has 0 bridgehead atoms. The van der Waals surface area contributed by atoms with Gasteiger partial charge in [-0.25, -0.2) is 0 Å². The molecule has 2 aromatic rings. The van der Waals surface area contributed by atoms with E-state index < -0.39 is 0 Å². The van der Waals surface area contributed by atoms with E-state index >= 15 is 0 Å². The first-order valence-electron chi connectivity index (χ1n) is 11.3. The van der Waals surface area contributed by atoms with Crippen LogP contribution in [0.1, 0.15) is 16.7 Å². The van der Waals surface area contributed by atoms with E-state index in [0.717, 1.165) is 54.2 Å². The first-order valence-corrected chi connectivity index (χ1v) is 11.3. The van der Waals surface area contributed by atoms with Gasteiger partial charge in [0.05, 0.1) is 12.1 Å². The van der Waals surface area contributed by atoms with Gasteiger partial charge in [0.1, 0.15) is 19.0 Å². The third kappa shape index (κ3) is 4.58. The molecule has 3 aliphatic rings. The maximum atomic E-state index is 12.6. The molecular weight excluding hydrogens is 420 g/mol. The van der Waals surface area contributed by atoms with Gasteiger partial charge in [-0.1, -0.05) is 18.2 Å². The van der Waals surface area contributed by atoms with Crippen LogP contribution in [0.15, 0.2) is 42.5 Å². The minimum Gasteiger partial charge on any atom is -0.487 e. The Balaban J connectivity index is 1.16. The number of hydrogen-bond acceptors (Lipinski definition) is 7. The number of anilines is 2. The molecule has 0 atom stereocenters. The van der Waals surface area contributed by atoms with E-state index in [4.69, 9.17) is 9.47 Å². The standard InChI is InChI=1S/C25H28N4O4/c1-28-9-11-29(12-10-28)15-22(30)32-13-8-26-18-6-7-19-17(14-18)16-33-24(19)23-20-4-2-3-5-21(20)27-25(23)31/h2-7,14,26H,8-13,15-16H2,1H3,(H,27,31)/b24-23+. The van der Waals surface area contributed by atoms with Gasteiger partial charge >= 0.3 is 5.97 Å². The lowest BCUT2D eigenvalue weighted by Gasteiger charge is -2.31. The Labute approximate surface area is 193 Å². The molecule has 0 unspecified atom stereocenters. The van der Waals surface area contributed by atoms with E-state index in [-0.39, 0.29) is 11.9 Å². The van der Waals surface area contributed by atoms with Gasteiger partial charge in [0, 0.05) is 60.8 Å². The molecule has 0 saturated carbocycles. The van der Waals surface area contributed by atoms with Crippen molar-refractivity contribution in [3.63, 3.8) is 0 Å². The summed E-state index contributed by atoms with van der Waals surface area (Å²) >= 11 is 0. The zero-order valence-electron chi connectivity index (χ0n) is 18.7. The molecule has 0 aliphatic carbocycles. The number of carbonyl (C=O) groups is 2. The second-order valence-corrected chi connectivity index (χ2v) is 8.59. The molecule has 1 saturated heterocycles. The number of piperazine rings is 1. The first-order chi connectivity index (χ1) is 16.1. The van der Waals surface area contributed by atoms with Crippen molar-refractivity contribution in [2.45, 2.75) is 6.61 Å². The number of ether oxygens (including phenoxy) is 2. The number of nitrogens with zero attached hydrogens (tertiary/aromatic N) is 2. The third-order valence-electron chi connectivity index (χ3n) is 6.26. The zero-order chi connectivity index (χ0) is 22.8. The molecule has 0 aromatic heterocycles. The predicted molar refractivity (Wildman–Crippen MR) is 127 cm³/mol. The Bertz CT molecular complexity index is 1110. The van der Waals surface area contributed by atoms with Gasteiger partial charge in [-0.15, -0.1) is 0 Å². The number of likely N-dealkylation sites (N-methyl/N-ethyl adjacent to an activating group) is 1. The fourth-order valence-corrected chi connectivity index (χ4v) is 4.42. The predicted octanol–water partition coefficient (Wildman–Crippen LogP) is 2.24. The van der Waals surface area contributed by atoms with Gasteiger partial charge < -0.3 is 25.0 Å². The number of fused-ring (bicyclic) bond motifs is 2. The molecule has 8 heteroatoms. The quantitative estimate of drug-likeness (QED) is 0.398. The summed E-state index contributed by atoms with van der Waals surface area (Å²) in [5, 5.41) is 6.20. The van der Waals surface area contributed by atoms with Gasteiger partial charge in [0.25, 0.3) is 5.91 Å². The maximum absolute atomic E-state index is 12.6. The van der Waals surface area contributed by atoms with Crippen molar-refractivity contribution in [2.75, 3.05) is 63.6 Å². The molecule has 0 radical (unpaired) electrons. The van der Waals surface area contributed by atoms with Crippen molar-refractivity contribution in [3.05, 3.63) is 59.2 Å². The topological polar surface area (TPSA) is 83.1 Å². The second-order valence-electron chi connectivity index (χ2n) is 8.59. The van der Waals surface area contributed by atoms with Crippen LogP contribution in [0.5, 0.6) is 0 Å². The summed E-state index contributed by atoms with van der Waals surface area (Å²) in [6.07, 6.45) is 0. The van der Waals surface area contributed by atoms with Crippen molar-refractivity contribution in [2.24, 2.45) is 0 Å². The van der Waals surface area contributed by atoms with Crippen LogP contribution in [-0.4, -0.2) is 74.6 Å². The van der Waals surface area contributed by atoms with E-state index in [9.17, 15) is 9.59 Å². The number of amides is 1. The van der Waals surface area contributed by atoms with Gasteiger partial charge in [0.2, 0.25) is 0 Å². The molecule has 33 heavy (non-hydrogen) atoms. The largest absolute Gasteiger partial charge is 0.487 e. The molecule has 0 spiro atoms. The van der Waals surface area contributed by atoms with Gasteiger partial charge in [-0.05, 0) is 31.3 Å². The Morgan fingerprint density at radius 3 is 2.79 bits per heavy atom. The SMILES string of the molecule is CN1CCN(CC(=O)OCCNc2ccc3c(c2)CO/C3=C2/C(=O)Nc3ccccc32)CC1. The minimum atomic E-state index is -0.185. The van der Waals surface area contributed by atoms with E-state index in [0.29, 0.717) is 37.6 Å². The maximum Gasteiger partial charge on any atom is 0.320 e. The molecule has 1 amide bonds. The van der Waals surface area contributed by atoms with Crippen LogP contribution in [0.3, 0.4) is 0 Å². The molecular formula is C25H28N4O4. The van der Waals surface area contributed by atoms with Crippen LogP contribution < -0.4 is 10.6 Å². The van der Waals surface area contributed by atoms with Crippen LogP contribution in [0, 0.1) is 0 Å². The Hall–Kier alpha value is -3.36. The molecule has 2 N–H and O–H groups in total. The summed E-state index contributed by atoms with van der Waals surface area (Å²) < 4.78 is 11.3. The second kappa shape index (κ2) is 9.25. The lowest BCUT2D eigenvalue weighted by atomic mass is 10.0. The van der Waals surface area contributed by atoms with Gasteiger partial charge in [-0.3, -0.25) is 14.5 Å². The summed E-state index contributed by atoms with van der Waals surface area (Å²) in [5.41, 5.74) is 5.13. The zero-order valence-corrected chi connectivity index (χ0v) is 18.7. The summed E-state index contributed by atoms with van der Waals surface area (Å²) in [6.45, 7) is 5.35. The smallest absolute Gasteiger partial charge is 0.320 e. The minimum absolute atomic E-state index is 0.139. The average molecular weight is 449 g/mol. The number of rotatable bonds is 6. The van der Waals surface area contributed by atoms with E-state index in [1.807, 2.05) is 42.5 Å². The van der Waals surface area contributed by atoms with Crippen LogP contribution >= 0.6 is 0 Å². The van der Waals surface area contributed by atoms with Crippen molar-refractivity contribution in [1.29, 1.82) is 0 Å². The van der Waals surface area contributed by atoms with Crippen molar-refractivity contribution in [3.8, 4) is 0 Å². The lowest BCUT2D eigenvalue weighted by molar-refractivity contribution is -0.144. The van der Waals surface area contributed by atoms with E-state index in [2.05, 4.69) is 27.5 Å². The molecule has 172 valence electrons. The number of para-hydroxylation sites is 1. The number of esters is 1. The normalized spacial score (nSPS) is 20.1. The molecule has 5 rings (SSSR count). The highest BCUT2D eigenvalue weighted by atomic mass is 16.5. The van der Waals surface area contributed by atoms with Gasteiger partial charge in [-0.2, -0.15) is 0 Å². The summed E-state index contributed by atoms with van der Waals surface area (Å²) in [4.78, 5) is 29.0. The Morgan fingerprint density at radius 1 is 1.12 bits per heavy atom. The molecule has 1 fully saturated rings. The van der Waals surface area contributed by atoms with Crippen molar-refractivity contribution >= 4 is 34.6 Å². The highest BCUT2D eigenvalue weighted by Crippen LogP contribution is 2.41. The molecule has 8 nitrogen and oxygen atoms in total. The van der Waals surface area contributed by atoms with Crippen molar-refractivity contribution in [1.82, 2.24) is 9.80 Å². The fraction of sp³-hybridized carbons (Fsp3) is 0.360. The summed E-state index contributed by atoms with van der Waals surface area (Å²) in [7, 11) is 2.09. The number of hydrogen-bond donors (Lipinski definition) is 2. The highest BCUT2D eigenvalue weighted by Gasteiger charge is 2.32. The first kappa shape index (κ1) is 21.5. The highest BCUT2D eigenvalue weighted by molar-refractivity contribution is 6.36. The van der Waals surface area contributed by atoms with Crippen LogP contribution in [0.2, 0.25) is 0 Å². The third-order valence-corrected chi connectivity index (χ3v) is 6.26. The van der Waals surface area contributed by atoms with Crippen LogP contribution in [0.25, 0.3) is 11.3 Å². The molecule has 3 aliphatic heterocycles. The number of benzene rings is 2. The van der Waals surface area contributed by atoms with Crippen LogP contribution in [-0.2, 0) is 25.7 Å². The summed E-state index contributed by atoms with van der Waals surface area (Å²) in [6, 6.07) is 13.6. The number of nitrogens with one attached hydrogen (secondary N) is 2. The van der Waals surface area contributed by atoms with Crippen LogP contribution in [0.4, 0.5) is 11.4 Å². The summed E-state index contributed by atoms with van der Waals surface area (Å²) in [5.74, 6) is 0.298. The van der Waals surface area contributed by atoms with Crippen molar-refractivity contribution < 1.29 is 19.1 Å². The van der Waals surface area contributed by atoms with Gasteiger partial charge in [0.15, 0.2) is 0 Å². The molecule has 2 aromatic carbocycles. The molecule has 3 heterocycles.